The summed E-state index contributed by atoms with van der Waals surface area (Å²) in [5.74, 6) is -1.57. The highest BCUT2D eigenvalue weighted by atomic mass is 32.2. The maximum Gasteiger partial charge on any atom is 0.321 e. The van der Waals surface area contributed by atoms with Crippen LogP contribution < -0.4 is 15.4 Å². The molecule has 0 bridgehead atoms. The molecule has 0 aliphatic carbocycles. The molecule has 12 heteroatoms. The van der Waals surface area contributed by atoms with Gasteiger partial charge in [-0.25, -0.2) is 8.42 Å². The van der Waals surface area contributed by atoms with Crippen LogP contribution in [0, 0.1) is 24.0 Å². The zero-order valence-electron chi connectivity index (χ0n) is 17.1. The van der Waals surface area contributed by atoms with Crippen molar-refractivity contribution in [3.8, 4) is 0 Å². The number of carbonyl (C=O) groups excluding carboxylic acids is 2. The Morgan fingerprint density at radius 3 is 2.48 bits per heavy atom. The van der Waals surface area contributed by atoms with Gasteiger partial charge in [-0.1, -0.05) is 12.1 Å². The van der Waals surface area contributed by atoms with Crippen LogP contribution >= 0.6 is 0 Å². The average Bonchev–Trinajstić information content (AvgIpc) is 2.73. The van der Waals surface area contributed by atoms with E-state index in [9.17, 15) is 28.1 Å². The number of anilines is 2. The fourth-order valence-electron chi connectivity index (χ4n) is 2.55. The first-order valence-corrected chi connectivity index (χ1v) is 10.5. The molecule has 0 fully saturated rings. The molecule has 0 heterocycles. The van der Waals surface area contributed by atoms with Crippen molar-refractivity contribution in [2.24, 2.45) is 0 Å². The molecule has 2 aromatic rings. The molecule has 31 heavy (non-hydrogen) atoms. The summed E-state index contributed by atoms with van der Waals surface area (Å²) in [4.78, 5) is 33.8. The molecular weight excluding hydrogens is 428 g/mol. The number of nitro groups is 1. The van der Waals surface area contributed by atoms with E-state index < -0.39 is 50.6 Å². The van der Waals surface area contributed by atoms with Gasteiger partial charge in [0.1, 0.15) is 12.2 Å². The molecule has 166 valence electrons. The van der Waals surface area contributed by atoms with Crippen LogP contribution in [-0.2, 0) is 24.3 Å². The predicted molar refractivity (Wildman–Crippen MR) is 113 cm³/mol. The highest BCUT2D eigenvalue weighted by molar-refractivity contribution is 7.89. The Labute approximate surface area is 179 Å². The number of nitrogens with zero attached hydrogens (tertiary/aromatic N) is 1. The number of benzene rings is 2. The Morgan fingerprint density at radius 2 is 1.84 bits per heavy atom. The molecular formula is C19H22N4O7S. The summed E-state index contributed by atoms with van der Waals surface area (Å²) in [5, 5.41) is 16.3. The summed E-state index contributed by atoms with van der Waals surface area (Å²) in [7, 11) is -2.76. The van der Waals surface area contributed by atoms with E-state index in [0.717, 1.165) is 23.3 Å². The quantitative estimate of drug-likeness (QED) is 0.296. The zero-order valence-corrected chi connectivity index (χ0v) is 17.9. The summed E-state index contributed by atoms with van der Waals surface area (Å²) in [6.07, 6.45) is 0. The molecule has 3 N–H and O–H groups in total. The molecule has 0 saturated carbocycles. The lowest BCUT2D eigenvalue weighted by molar-refractivity contribution is -0.384. The van der Waals surface area contributed by atoms with Crippen LogP contribution in [0.15, 0.2) is 41.3 Å². The van der Waals surface area contributed by atoms with Gasteiger partial charge >= 0.3 is 5.97 Å². The second-order valence-electron chi connectivity index (χ2n) is 6.47. The van der Waals surface area contributed by atoms with Crippen molar-refractivity contribution < 1.29 is 27.7 Å². The Morgan fingerprint density at radius 1 is 1.13 bits per heavy atom. The lowest BCUT2D eigenvalue weighted by Gasteiger charge is -2.11. The van der Waals surface area contributed by atoms with Crippen LogP contribution in [0.4, 0.5) is 17.1 Å². The fraction of sp³-hybridized carbons (Fsp3) is 0.263. The van der Waals surface area contributed by atoms with Crippen LogP contribution in [0.5, 0.6) is 0 Å². The summed E-state index contributed by atoms with van der Waals surface area (Å²) >= 11 is 0. The first-order chi connectivity index (χ1) is 14.5. The number of hydrogen-bond donors (Lipinski definition) is 3. The molecule has 0 atom stereocenters. The molecule has 0 aromatic heterocycles. The van der Waals surface area contributed by atoms with E-state index in [-0.39, 0.29) is 5.69 Å². The lowest BCUT2D eigenvalue weighted by Crippen LogP contribution is -2.32. The smallest absolute Gasteiger partial charge is 0.321 e. The summed E-state index contributed by atoms with van der Waals surface area (Å²) in [5.41, 5.74) is 2.13. The molecule has 2 aromatic carbocycles. The van der Waals surface area contributed by atoms with E-state index in [2.05, 4.69) is 10.6 Å². The highest BCUT2D eigenvalue weighted by Gasteiger charge is 2.22. The molecule has 1 amide bonds. The molecule has 0 radical (unpaired) electrons. The first-order valence-electron chi connectivity index (χ1n) is 9.02. The van der Waals surface area contributed by atoms with Crippen LogP contribution in [0.1, 0.15) is 11.1 Å². The fourth-order valence-corrected chi connectivity index (χ4v) is 3.54. The number of amides is 1. The highest BCUT2D eigenvalue weighted by Crippen LogP contribution is 2.27. The Hall–Kier alpha value is -3.51. The molecule has 11 nitrogen and oxygen atoms in total. The normalized spacial score (nSPS) is 10.9. The van der Waals surface area contributed by atoms with Gasteiger partial charge < -0.3 is 15.4 Å². The van der Waals surface area contributed by atoms with Gasteiger partial charge in [-0.15, -0.1) is 0 Å². The van der Waals surface area contributed by atoms with Gasteiger partial charge in [0.25, 0.3) is 11.6 Å². The third kappa shape index (κ3) is 6.23. The van der Waals surface area contributed by atoms with Crippen molar-refractivity contribution in [1.29, 1.82) is 0 Å². The van der Waals surface area contributed by atoms with Gasteiger partial charge in [0.15, 0.2) is 6.61 Å². The largest absolute Gasteiger partial charge is 0.455 e. The molecule has 0 aliphatic heterocycles. The van der Waals surface area contributed by atoms with Crippen molar-refractivity contribution in [2.45, 2.75) is 18.7 Å². The van der Waals surface area contributed by atoms with Crippen molar-refractivity contribution in [3.05, 3.63) is 57.6 Å². The van der Waals surface area contributed by atoms with Gasteiger partial charge in [-0.2, -0.15) is 4.72 Å². The third-order valence-electron chi connectivity index (χ3n) is 4.40. The van der Waals surface area contributed by atoms with Crippen molar-refractivity contribution in [2.75, 3.05) is 30.8 Å². The third-order valence-corrected chi connectivity index (χ3v) is 5.79. The summed E-state index contributed by atoms with van der Waals surface area (Å²) < 4.78 is 31.4. The number of nitro benzene ring substituents is 1. The van der Waals surface area contributed by atoms with Gasteiger partial charge in [0.2, 0.25) is 10.0 Å². The Balaban J connectivity index is 1.93. The number of aryl methyl sites for hydroxylation is 1. The number of nitrogens with one attached hydrogen (secondary N) is 3. The van der Waals surface area contributed by atoms with Crippen LogP contribution in [-0.4, -0.2) is 45.4 Å². The second-order valence-corrected chi connectivity index (χ2v) is 8.23. The Bertz CT molecular complexity index is 1120. The average molecular weight is 450 g/mol. The standard InChI is InChI=1S/C19H22N4O7S/c1-12-5-4-6-15(13(12)2)22-18(24)11-30-19(25)10-21-31(28,29)14-7-8-16(20-3)17(9-14)23(26)27/h4-9,20-21H,10-11H2,1-3H3,(H,22,24). The van der Waals surface area contributed by atoms with Gasteiger partial charge in [0, 0.05) is 18.8 Å². The number of carbonyl (C=O) groups is 2. The maximum absolute atomic E-state index is 12.3. The molecule has 0 spiro atoms. The topological polar surface area (TPSA) is 157 Å². The minimum atomic E-state index is -4.22. The molecule has 0 saturated heterocycles. The minimum Gasteiger partial charge on any atom is -0.455 e. The van der Waals surface area contributed by atoms with E-state index in [0.29, 0.717) is 5.69 Å². The summed E-state index contributed by atoms with van der Waals surface area (Å²) in [6.45, 7) is 2.37. The van der Waals surface area contributed by atoms with Crippen LogP contribution in [0.3, 0.4) is 0 Å². The zero-order chi connectivity index (χ0) is 23.2. The van der Waals surface area contributed by atoms with Gasteiger partial charge in [0.05, 0.1) is 9.82 Å². The molecule has 2 rings (SSSR count). The van der Waals surface area contributed by atoms with Crippen molar-refractivity contribution in [3.63, 3.8) is 0 Å². The summed E-state index contributed by atoms with van der Waals surface area (Å²) in [6, 6.07) is 8.63. The van der Waals surface area contributed by atoms with E-state index in [1.807, 2.05) is 24.6 Å². The van der Waals surface area contributed by atoms with E-state index in [1.165, 1.54) is 13.1 Å². The van der Waals surface area contributed by atoms with Crippen LogP contribution in [0.2, 0.25) is 0 Å². The Kier molecular flexibility index (Phi) is 7.67. The van der Waals surface area contributed by atoms with Gasteiger partial charge in [-0.3, -0.25) is 19.7 Å². The SMILES string of the molecule is CNc1ccc(S(=O)(=O)NCC(=O)OCC(=O)Nc2cccc(C)c2C)cc1[N+](=O)[O-]. The second kappa shape index (κ2) is 10.00. The maximum atomic E-state index is 12.3. The minimum absolute atomic E-state index is 0.137. The lowest BCUT2D eigenvalue weighted by atomic mass is 10.1. The number of sulfonamides is 1. The van der Waals surface area contributed by atoms with Gasteiger partial charge in [-0.05, 0) is 43.2 Å². The van der Waals surface area contributed by atoms with E-state index >= 15 is 0 Å². The monoisotopic (exact) mass is 450 g/mol. The van der Waals surface area contributed by atoms with Crippen LogP contribution in [0.25, 0.3) is 0 Å². The number of esters is 1. The first kappa shape index (κ1) is 23.8. The van der Waals surface area contributed by atoms with Crippen molar-refractivity contribution >= 4 is 39.0 Å². The molecule has 0 aliphatic rings. The number of ether oxygens (including phenoxy) is 1. The number of hydrogen-bond acceptors (Lipinski definition) is 8. The predicted octanol–water partition coefficient (Wildman–Crippen LogP) is 1.71. The molecule has 0 unspecified atom stereocenters. The van der Waals surface area contributed by atoms with E-state index in [1.54, 1.807) is 12.1 Å². The van der Waals surface area contributed by atoms with E-state index in [4.69, 9.17) is 4.74 Å². The van der Waals surface area contributed by atoms with Crippen molar-refractivity contribution in [1.82, 2.24) is 4.72 Å². The number of rotatable bonds is 9.